The fraction of sp³-hybridized carbons (Fsp3) is 0.0800. The van der Waals surface area contributed by atoms with E-state index < -0.39 is 5.97 Å². The van der Waals surface area contributed by atoms with E-state index in [-0.39, 0.29) is 18.0 Å². The van der Waals surface area contributed by atoms with E-state index in [4.69, 9.17) is 21.1 Å². The van der Waals surface area contributed by atoms with Crippen LogP contribution in [0, 0.1) is 0 Å². The van der Waals surface area contributed by atoms with Gasteiger partial charge in [-0.1, -0.05) is 35.9 Å². The number of hydrogen-bond donors (Lipinski definition) is 2. The first-order valence-corrected chi connectivity index (χ1v) is 10.6. The smallest absolute Gasteiger partial charge is 0.335 e. The number of hydrogen-bond acceptors (Lipinski definition) is 4. The van der Waals surface area contributed by atoms with Gasteiger partial charge in [0.05, 0.1) is 41.0 Å². The van der Waals surface area contributed by atoms with Crippen molar-refractivity contribution >= 4 is 45.3 Å². The molecule has 1 amide bonds. The second-order valence-corrected chi connectivity index (χ2v) is 8.08. The third-order valence-corrected chi connectivity index (χ3v) is 5.69. The van der Waals surface area contributed by atoms with Crippen molar-refractivity contribution in [2.24, 2.45) is 0 Å². The van der Waals surface area contributed by atoms with Gasteiger partial charge in [0.1, 0.15) is 5.58 Å². The minimum absolute atomic E-state index is 0.196. The number of carbonyl (C=O) groups excluding carboxylic acids is 1. The Kier molecular flexibility index (Phi) is 5.32. The van der Waals surface area contributed by atoms with E-state index in [1.807, 2.05) is 24.3 Å². The van der Waals surface area contributed by atoms with Crippen molar-refractivity contribution < 1.29 is 19.1 Å². The summed E-state index contributed by atoms with van der Waals surface area (Å²) in [5.41, 5.74) is 3.75. The molecule has 7 nitrogen and oxygen atoms in total. The van der Waals surface area contributed by atoms with E-state index in [0.29, 0.717) is 28.2 Å². The Morgan fingerprint density at radius 3 is 2.64 bits per heavy atom. The topological polar surface area (TPSA) is 97.4 Å². The highest BCUT2D eigenvalue weighted by Gasteiger charge is 2.19. The van der Waals surface area contributed by atoms with Gasteiger partial charge in [0, 0.05) is 17.0 Å². The highest BCUT2D eigenvalue weighted by molar-refractivity contribution is 6.30. The van der Waals surface area contributed by atoms with Crippen LogP contribution in [0.3, 0.4) is 0 Å². The van der Waals surface area contributed by atoms with Crippen LogP contribution < -0.4 is 5.32 Å². The van der Waals surface area contributed by atoms with Crippen molar-refractivity contribution in [1.82, 2.24) is 15.1 Å². The summed E-state index contributed by atoms with van der Waals surface area (Å²) >= 11 is 6.13. The van der Waals surface area contributed by atoms with Crippen molar-refractivity contribution in [3.8, 4) is 0 Å². The lowest BCUT2D eigenvalue weighted by molar-refractivity contribution is 0.0696. The summed E-state index contributed by atoms with van der Waals surface area (Å²) < 4.78 is 7.42. The first kappa shape index (κ1) is 20.8. The van der Waals surface area contributed by atoms with Crippen molar-refractivity contribution in [2.75, 3.05) is 0 Å². The number of aromatic carboxylic acids is 1. The number of fused-ring (bicyclic) bond motifs is 3. The number of carbonyl (C=O) groups is 2. The first-order chi connectivity index (χ1) is 16.0. The van der Waals surface area contributed by atoms with E-state index in [0.717, 1.165) is 21.9 Å². The highest BCUT2D eigenvalue weighted by Crippen LogP contribution is 2.30. The Bertz CT molecular complexity index is 1500. The predicted molar refractivity (Wildman–Crippen MR) is 125 cm³/mol. The molecule has 0 bridgehead atoms. The predicted octanol–water partition coefficient (Wildman–Crippen LogP) is 5.11. The van der Waals surface area contributed by atoms with Crippen molar-refractivity contribution in [3.05, 3.63) is 100 Å². The zero-order chi connectivity index (χ0) is 22.9. The minimum atomic E-state index is -0.991. The molecule has 0 aliphatic carbocycles. The van der Waals surface area contributed by atoms with Crippen LogP contribution in [0.4, 0.5) is 0 Å². The number of nitrogens with zero attached hydrogens (tertiary/aromatic N) is 2. The summed E-state index contributed by atoms with van der Waals surface area (Å²) in [6, 6.07) is 17.5. The van der Waals surface area contributed by atoms with Crippen molar-refractivity contribution in [3.63, 3.8) is 0 Å². The maximum Gasteiger partial charge on any atom is 0.335 e. The third-order valence-electron chi connectivity index (χ3n) is 5.45. The SMILES string of the molecule is O=C(O)c1ccc(CNC(=O)c2cc3ccoc3c3cnn(Cc4cccc(Cl)c4)c23)cc1. The molecule has 0 unspecified atom stereocenters. The largest absolute Gasteiger partial charge is 0.478 e. The number of carboxylic acids is 1. The Balaban J connectivity index is 1.49. The van der Waals surface area contributed by atoms with E-state index in [2.05, 4.69) is 10.4 Å². The second-order valence-electron chi connectivity index (χ2n) is 7.64. The number of halogens is 1. The molecule has 0 atom stereocenters. The van der Waals surface area contributed by atoms with Gasteiger partial charge in [0.15, 0.2) is 0 Å². The molecular weight excluding hydrogens is 442 g/mol. The van der Waals surface area contributed by atoms with Gasteiger partial charge in [-0.15, -0.1) is 0 Å². The molecule has 164 valence electrons. The Morgan fingerprint density at radius 1 is 1.06 bits per heavy atom. The zero-order valence-electron chi connectivity index (χ0n) is 17.3. The fourth-order valence-electron chi connectivity index (χ4n) is 3.86. The van der Waals surface area contributed by atoms with E-state index >= 15 is 0 Å². The maximum absolute atomic E-state index is 13.2. The summed E-state index contributed by atoms with van der Waals surface area (Å²) in [6.45, 7) is 0.694. The average molecular weight is 460 g/mol. The standard InChI is InChI=1S/C25H18ClN3O4/c26-19-3-1-2-16(10-19)14-29-22-20(11-18-8-9-33-23(18)21(22)13-28-29)24(30)27-12-15-4-6-17(7-5-15)25(31)32/h1-11,13H,12,14H2,(H,27,30)(H,31,32). The van der Waals surface area contributed by atoms with Gasteiger partial charge in [0.25, 0.3) is 5.91 Å². The first-order valence-electron chi connectivity index (χ1n) is 10.2. The number of rotatable bonds is 6. The lowest BCUT2D eigenvalue weighted by Gasteiger charge is -2.11. The Labute approximate surface area is 193 Å². The number of furan rings is 1. The van der Waals surface area contributed by atoms with Crippen molar-refractivity contribution in [2.45, 2.75) is 13.1 Å². The molecule has 2 aromatic heterocycles. The number of amides is 1. The summed E-state index contributed by atoms with van der Waals surface area (Å²) in [5.74, 6) is -1.26. The summed E-state index contributed by atoms with van der Waals surface area (Å²) in [4.78, 5) is 24.3. The number of carboxylic acid groups (broad SMARTS) is 1. The number of nitrogens with one attached hydrogen (secondary N) is 1. The highest BCUT2D eigenvalue weighted by atomic mass is 35.5. The molecule has 0 radical (unpaired) electrons. The quantitative estimate of drug-likeness (QED) is 0.367. The van der Waals surface area contributed by atoms with Crippen LogP contribution in [0.2, 0.25) is 5.02 Å². The van der Waals surface area contributed by atoms with Crippen LogP contribution in [0.1, 0.15) is 31.8 Å². The van der Waals surface area contributed by atoms with Gasteiger partial charge in [-0.3, -0.25) is 9.48 Å². The molecule has 0 fully saturated rings. The molecule has 0 saturated heterocycles. The maximum atomic E-state index is 13.2. The summed E-state index contributed by atoms with van der Waals surface area (Å²) in [6.07, 6.45) is 3.29. The average Bonchev–Trinajstić information content (AvgIpc) is 3.44. The van der Waals surface area contributed by atoms with Gasteiger partial charge >= 0.3 is 5.97 Å². The van der Waals surface area contributed by atoms with Gasteiger partial charge in [-0.25, -0.2) is 4.79 Å². The molecule has 0 saturated carbocycles. The van der Waals surface area contributed by atoms with Crippen molar-refractivity contribution in [1.29, 1.82) is 0 Å². The lowest BCUT2D eigenvalue weighted by atomic mass is 10.1. The fourth-order valence-corrected chi connectivity index (χ4v) is 4.07. The molecule has 2 N–H and O–H groups in total. The third kappa shape index (κ3) is 4.06. The van der Waals surface area contributed by atoms with E-state index in [1.165, 1.54) is 12.1 Å². The van der Waals surface area contributed by atoms with Crippen LogP contribution in [0.15, 0.2) is 77.5 Å². The molecule has 8 heteroatoms. The summed E-state index contributed by atoms with van der Waals surface area (Å²) in [5, 5.41) is 18.7. The Hall–Kier alpha value is -4.10. The second kappa shape index (κ2) is 8.44. The van der Waals surface area contributed by atoms with Crippen LogP contribution in [0.5, 0.6) is 0 Å². The molecule has 0 spiro atoms. The minimum Gasteiger partial charge on any atom is -0.478 e. The zero-order valence-corrected chi connectivity index (χ0v) is 18.0. The monoisotopic (exact) mass is 459 g/mol. The van der Waals surface area contributed by atoms with Gasteiger partial charge in [-0.05, 0) is 47.5 Å². The Morgan fingerprint density at radius 2 is 1.88 bits per heavy atom. The molecule has 3 aromatic carbocycles. The van der Waals surface area contributed by atoms with Crippen LogP contribution in [-0.4, -0.2) is 26.8 Å². The molecule has 5 aromatic rings. The molecular formula is C25H18ClN3O4. The molecule has 2 heterocycles. The number of benzene rings is 3. The molecule has 0 aliphatic rings. The van der Waals surface area contributed by atoms with Crippen LogP contribution in [-0.2, 0) is 13.1 Å². The normalized spacial score (nSPS) is 11.2. The molecule has 33 heavy (non-hydrogen) atoms. The lowest BCUT2D eigenvalue weighted by Crippen LogP contribution is -2.23. The van der Waals surface area contributed by atoms with E-state index in [9.17, 15) is 9.59 Å². The van der Waals surface area contributed by atoms with Crippen LogP contribution >= 0.6 is 11.6 Å². The van der Waals surface area contributed by atoms with E-state index in [1.54, 1.807) is 41.4 Å². The van der Waals surface area contributed by atoms with Gasteiger partial charge in [0.2, 0.25) is 0 Å². The van der Waals surface area contributed by atoms with Crippen LogP contribution in [0.25, 0.3) is 21.9 Å². The summed E-state index contributed by atoms with van der Waals surface area (Å²) in [7, 11) is 0. The molecule has 5 rings (SSSR count). The number of aromatic nitrogens is 2. The molecule has 0 aliphatic heterocycles. The van der Waals surface area contributed by atoms with Gasteiger partial charge in [-0.2, -0.15) is 5.10 Å². The van der Waals surface area contributed by atoms with Gasteiger partial charge < -0.3 is 14.8 Å².